The van der Waals surface area contributed by atoms with E-state index < -0.39 is 0 Å². The number of hydrazone groups is 1. The normalized spacial score (nSPS) is 36.1. The maximum Gasteiger partial charge on any atom is 0.240 e. The summed E-state index contributed by atoms with van der Waals surface area (Å²) >= 11 is 0. The van der Waals surface area contributed by atoms with E-state index in [-0.39, 0.29) is 11.3 Å². The van der Waals surface area contributed by atoms with Crippen molar-refractivity contribution in [2.45, 2.75) is 51.9 Å². The SMILES string of the molecule is Cc1ccc(C=NNC(=O)CC23CC4CC(CC(C4)C2)C3)o1. The second kappa shape index (κ2) is 5.25. The molecule has 4 bridgehead atoms. The van der Waals surface area contributed by atoms with E-state index >= 15 is 0 Å². The Morgan fingerprint density at radius 3 is 2.45 bits per heavy atom. The molecule has 1 N–H and O–H groups in total. The molecule has 0 atom stereocenters. The molecular weight excluding hydrogens is 276 g/mol. The van der Waals surface area contributed by atoms with E-state index in [9.17, 15) is 4.79 Å². The van der Waals surface area contributed by atoms with Gasteiger partial charge in [-0.2, -0.15) is 5.10 Å². The first kappa shape index (κ1) is 14.0. The number of furan rings is 1. The van der Waals surface area contributed by atoms with Gasteiger partial charge >= 0.3 is 0 Å². The number of aryl methyl sites for hydroxylation is 1. The monoisotopic (exact) mass is 300 g/mol. The highest BCUT2D eigenvalue weighted by molar-refractivity contribution is 5.80. The molecule has 4 aliphatic rings. The van der Waals surface area contributed by atoms with E-state index in [0.717, 1.165) is 23.5 Å². The van der Waals surface area contributed by atoms with Gasteiger partial charge in [0, 0.05) is 6.42 Å². The number of carbonyl (C=O) groups excluding carboxylic acids is 1. The number of rotatable bonds is 4. The van der Waals surface area contributed by atoms with Crippen LogP contribution in [0.5, 0.6) is 0 Å². The topological polar surface area (TPSA) is 54.6 Å². The third-order valence-corrected chi connectivity index (χ3v) is 5.84. The number of carbonyl (C=O) groups is 1. The van der Waals surface area contributed by atoms with E-state index in [1.165, 1.54) is 38.5 Å². The fraction of sp³-hybridized carbons (Fsp3) is 0.667. The molecular formula is C18H24N2O2. The summed E-state index contributed by atoms with van der Waals surface area (Å²) in [5.74, 6) is 4.23. The van der Waals surface area contributed by atoms with Crippen LogP contribution in [0.3, 0.4) is 0 Å². The van der Waals surface area contributed by atoms with Crippen LogP contribution in [-0.2, 0) is 4.79 Å². The molecule has 118 valence electrons. The summed E-state index contributed by atoms with van der Waals surface area (Å²) in [5.41, 5.74) is 2.96. The molecule has 1 aromatic heterocycles. The zero-order chi connectivity index (χ0) is 15.2. The molecule has 0 radical (unpaired) electrons. The number of hydrogen-bond donors (Lipinski definition) is 1. The first-order valence-corrected chi connectivity index (χ1v) is 8.49. The van der Waals surface area contributed by atoms with Crippen LogP contribution in [0.25, 0.3) is 0 Å². The summed E-state index contributed by atoms with van der Waals surface area (Å²) in [5, 5.41) is 4.03. The number of hydrogen-bond acceptors (Lipinski definition) is 3. The summed E-state index contributed by atoms with van der Waals surface area (Å²) in [7, 11) is 0. The van der Waals surface area contributed by atoms with Gasteiger partial charge in [-0.1, -0.05) is 0 Å². The fourth-order valence-electron chi connectivity index (χ4n) is 5.58. The standard InChI is InChI=1S/C18H24N2O2/c1-12-2-3-16(22-12)11-19-20-17(21)10-18-7-13-4-14(8-18)6-15(5-13)9-18/h2-3,11,13-15H,4-10H2,1H3,(H,20,21). The molecule has 5 rings (SSSR count). The van der Waals surface area contributed by atoms with Crippen LogP contribution in [0.2, 0.25) is 0 Å². The molecule has 1 amide bonds. The Morgan fingerprint density at radius 2 is 1.91 bits per heavy atom. The van der Waals surface area contributed by atoms with Gasteiger partial charge in [0.15, 0.2) is 0 Å². The van der Waals surface area contributed by atoms with Crippen molar-refractivity contribution < 1.29 is 9.21 Å². The van der Waals surface area contributed by atoms with Gasteiger partial charge in [0.05, 0.1) is 6.21 Å². The van der Waals surface area contributed by atoms with E-state index in [1.807, 2.05) is 19.1 Å². The minimum atomic E-state index is 0.0569. The number of nitrogens with zero attached hydrogens (tertiary/aromatic N) is 1. The first-order chi connectivity index (χ1) is 10.6. The highest BCUT2D eigenvalue weighted by Crippen LogP contribution is 2.61. The Labute approximate surface area is 131 Å². The second-order valence-corrected chi connectivity index (χ2v) is 7.84. The highest BCUT2D eigenvalue weighted by Gasteiger charge is 2.51. The molecule has 4 aliphatic carbocycles. The average Bonchev–Trinajstić information content (AvgIpc) is 2.82. The summed E-state index contributed by atoms with van der Waals surface area (Å²) in [6.07, 6.45) is 10.2. The molecule has 4 heteroatoms. The Balaban J connectivity index is 1.35. The van der Waals surface area contributed by atoms with Crippen molar-refractivity contribution in [3.05, 3.63) is 23.7 Å². The Morgan fingerprint density at radius 1 is 1.27 bits per heavy atom. The predicted octanol–water partition coefficient (Wildman–Crippen LogP) is 3.64. The van der Waals surface area contributed by atoms with Gasteiger partial charge in [-0.3, -0.25) is 4.79 Å². The van der Waals surface area contributed by atoms with Crippen molar-refractivity contribution in [2.75, 3.05) is 0 Å². The van der Waals surface area contributed by atoms with Crippen LogP contribution in [0.4, 0.5) is 0 Å². The van der Waals surface area contributed by atoms with Gasteiger partial charge in [-0.15, -0.1) is 0 Å². The van der Waals surface area contributed by atoms with Gasteiger partial charge in [0.25, 0.3) is 0 Å². The molecule has 4 saturated carbocycles. The van der Waals surface area contributed by atoms with Gasteiger partial charge in [0.2, 0.25) is 5.91 Å². The molecule has 0 unspecified atom stereocenters. The average molecular weight is 300 g/mol. The highest BCUT2D eigenvalue weighted by atomic mass is 16.3. The van der Waals surface area contributed by atoms with Crippen molar-refractivity contribution in [2.24, 2.45) is 28.3 Å². The Kier molecular flexibility index (Phi) is 3.35. The summed E-state index contributed by atoms with van der Waals surface area (Å²) in [4.78, 5) is 12.3. The largest absolute Gasteiger partial charge is 0.460 e. The van der Waals surface area contributed by atoms with Crippen LogP contribution in [0, 0.1) is 30.1 Å². The van der Waals surface area contributed by atoms with E-state index in [2.05, 4.69) is 10.5 Å². The number of nitrogens with one attached hydrogen (secondary N) is 1. The maximum absolute atomic E-state index is 12.3. The van der Waals surface area contributed by atoms with Crippen molar-refractivity contribution in [3.8, 4) is 0 Å². The van der Waals surface area contributed by atoms with E-state index in [4.69, 9.17) is 4.42 Å². The number of amides is 1. The lowest BCUT2D eigenvalue weighted by Gasteiger charge is -2.56. The molecule has 0 aliphatic heterocycles. The third kappa shape index (κ3) is 2.71. The third-order valence-electron chi connectivity index (χ3n) is 5.84. The van der Waals surface area contributed by atoms with Crippen molar-refractivity contribution in [3.63, 3.8) is 0 Å². The minimum Gasteiger partial charge on any atom is -0.460 e. The molecule has 4 nitrogen and oxygen atoms in total. The van der Waals surface area contributed by atoms with Crippen LogP contribution in [0.15, 0.2) is 21.7 Å². The van der Waals surface area contributed by atoms with Gasteiger partial charge in [-0.05, 0) is 80.8 Å². The minimum absolute atomic E-state index is 0.0569. The predicted molar refractivity (Wildman–Crippen MR) is 84.4 cm³/mol. The molecule has 22 heavy (non-hydrogen) atoms. The Hall–Kier alpha value is -1.58. The lowest BCUT2D eigenvalue weighted by atomic mass is 9.49. The summed E-state index contributed by atoms with van der Waals surface area (Å²) < 4.78 is 5.40. The van der Waals surface area contributed by atoms with E-state index in [1.54, 1.807) is 6.21 Å². The quantitative estimate of drug-likeness (QED) is 0.681. The maximum atomic E-state index is 12.3. The summed E-state index contributed by atoms with van der Waals surface area (Å²) in [6.45, 7) is 1.89. The van der Waals surface area contributed by atoms with Crippen LogP contribution >= 0.6 is 0 Å². The lowest BCUT2D eigenvalue weighted by molar-refractivity contribution is -0.129. The molecule has 4 fully saturated rings. The van der Waals surface area contributed by atoms with Crippen LogP contribution in [0.1, 0.15) is 56.5 Å². The van der Waals surface area contributed by atoms with Crippen molar-refractivity contribution in [1.82, 2.24) is 5.43 Å². The van der Waals surface area contributed by atoms with Crippen LogP contribution < -0.4 is 5.43 Å². The molecule has 1 aromatic rings. The molecule has 0 aromatic carbocycles. The first-order valence-electron chi connectivity index (χ1n) is 8.49. The van der Waals surface area contributed by atoms with Gasteiger partial charge < -0.3 is 4.42 Å². The second-order valence-electron chi connectivity index (χ2n) is 7.84. The van der Waals surface area contributed by atoms with E-state index in [0.29, 0.717) is 12.2 Å². The zero-order valence-electron chi connectivity index (χ0n) is 13.2. The molecule has 0 spiro atoms. The van der Waals surface area contributed by atoms with Crippen molar-refractivity contribution in [1.29, 1.82) is 0 Å². The van der Waals surface area contributed by atoms with Gasteiger partial charge in [0.1, 0.15) is 11.5 Å². The van der Waals surface area contributed by atoms with Gasteiger partial charge in [-0.25, -0.2) is 5.43 Å². The Bertz CT molecular complexity index is 567. The smallest absolute Gasteiger partial charge is 0.240 e. The lowest BCUT2D eigenvalue weighted by Crippen LogP contribution is -2.47. The summed E-state index contributed by atoms with van der Waals surface area (Å²) in [6, 6.07) is 3.74. The molecule has 1 heterocycles. The zero-order valence-corrected chi connectivity index (χ0v) is 13.2. The fourth-order valence-corrected chi connectivity index (χ4v) is 5.58. The van der Waals surface area contributed by atoms with Crippen LogP contribution in [-0.4, -0.2) is 12.1 Å². The van der Waals surface area contributed by atoms with Crippen molar-refractivity contribution >= 4 is 12.1 Å². The molecule has 0 saturated heterocycles.